The third kappa shape index (κ3) is 10.2. The molecule has 7 heteroatoms. The summed E-state index contributed by atoms with van der Waals surface area (Å²) in [6.45, 7) is 4.00. The van der Waals surface area contributed by atoms with Gasteiger partial charge in [-0.2, -0.15) is 0 Å². The minimum atomic E-state index is -0.131. The first kappa shape index (κ1) is 23.6. The first-order valence-corrected chi connectivity index (χ1v) is 8.49. The summed E-state index contributed by atoms with van der Waals surface area (Å²) < 4.78 is 0. The van der Waals surface area contributed by atoms with E-state index < -0.39 is 0 Å². The van der Waals surface area contributed by atoms with Crippen LogP contribution in [0.15, 0.2) is 48.5 Å². The summed E-state index contributed by atoms with van der Waals surface area (Å²) in [6.07, 6.45) is 0. The van der Waals surface area contributed by atoms with Gasteiger partial charge in [-0.05, 0) is 38.1 Å². The Balaban J connectivity index is 0.000000443. The average Bonchev–Trinajstić information content (AvgIpc) is 2.59. The Labute approximate surface area is 170 Å². The van der Waals surface area contributed by atoms with Crippen LogP contribution in [0.1, 0.15) is 11.1 Å². The number of rotatable bonds is 4. The molecule has 0 aliphatic carbocycles. The molecule has 0 aromatic heterocycles. The fourth-order valence-electron chi connectivity index (χ4n) is 1.67. The molecule has 2 aromatic carbocycles. The molecule has 0 bridgehead atoms. The number of carbonyl (C=O) groups excluding carboxylic acids is 2. The molecule has 0 aliphatic heterocycles. The Morgan fingerprint density at radius 3 is 1.24 bits per heavy atom. The normalized spacial score (nSPS) is 9.12. The molecular weight excluding hydrogens is 404 g/mol. The second-order valence-corrected chi connectivity index (χ2v) is 5.69. The molecule has 0 unspecified atom stereocenters. The minimum absolute atomic E-state index is 0. The van der Waals surface area contributed by atoms with Gasteiger partial charge < -0.3 is 35.9 Å². The van der Waals surface area contributed by atoms with Crippen molar-refractivity contribution in [2.24, 2.45) is 0 Å². The summed E-state index contributed by atoms with van der Waals surface area (Å²) in [6, 6.07) is 15.2. The predicted octanol–water partition coefficient (Wildman–Crippen LogP) is 2.96. The molecule has 0 atom stereocenters. The maximum absolute atomic E-state index is 10.9. The first-order valence-electron chi connectivity index (χ1n) is 7.34. The molecule has 2 N–H and O–H groups in total. The zero-order valence-electron chi connectivity index (χ0n) is 14.0. The van der Waals surface area contributed by atoms with Crippen LogP contribution in [0.5, 0.6) is 0 Å². The maximum atomic E-state index is 10.9. The number of aryl methyl sites for hydroxylation is 2. The second-order valence-electron chi connectivity index (χ2n) is 5.12. The van der Waals surface area contributed by atoms with Gasteiger partial charge in [-0.3, -0.25) is 9.59 Å². The molecule has 2 aromatic rings. The van der Waals surface area contributed by atoms with E-state index in [1.54, 1.807) is 0 Å². The average molecular weight is 424 g/mol. The number of benzene rings is 2. The Morgan fingerprint density at radius 2 is 1.00 bits per heavy atom. The maximum Gasteiger partial charge on any atom is 2.00 e. The molecule has 25 heavy (non-hydrogen) atoms. The van der Waals surface area contributed by atoms with E-state index in [1.165, 1.54) is 11.1 Å². The van der Waals surface area contributed by atoms with Crippen LogP contribution in [0.4, 0.5) is 11.4 Å². The van der Waals surface area contributed by atoms with Crippen LogP contribution < -0.4 is 10.6 Å². The molecule has 1 radical (unpaired) electrons. The molecule has 0 fully saturated rings. The van der Waals surface area contributed by atoms with E-state index in [2.05, 4.69) is 35.9 Å². The van der Waals surface area contributed by atoms with E-state index in [-0.39, 0.29) is 40.4 Å². The molecule has 0 saturated carbocycles. The third-order valence-electron chi connectivity index (χ3n) is 2.93. The van der Waals surface area contributed by atoms with Crippen molar-refractivity contribution in [3.8, 4) is 0 Å². The van der Waals surface area contributed by atoms with Gasteiger partial charge in [0.2, 0.25) is 0 Å². The third-order valence-corrected chi connectivity index (χ3v) is 3.46. The van der Waals surface area contributed by atoms with Gasteiger partial charge in [0, 0.05) is 11.4 Å². The van der Waals surface area contributed by atoms with Crippen molar-refractivity contribution in [1.82, 2.24) is 0 Å². The van der Waals surface area contributed by atoms with Crippen molar-refractivity contribution in [2.75, 3.05) is 22.1 Å². The fourth-order valence-corrected chi connectivity index (χ4v) is 1.81. The van der Waals surface area contributed by atoms with Gasteiger partial charge in [-0.15, -0.1) is 0 Å². The number of nitrogens with one attached hydrogen (secondary N) is 2. The van der Waals surface area contributed by atoms with E-state index in [4.69, 9.17) is 0 Å². The van der Waals surface area contributed by atoms with Gasteiger partial charge >= 0.3 is 17.1 Å². The van der Waals surface area contributed by atoms with Crippen molar-refractivity contribution in [1.29, 1.82) is 0 Å². The quantitative estimate of drug-likeness (QED) is 0.586. The van der Waals surface area contributed by atoms with Gasteiger partial charge in [-0.1, -0.05) is 46.9 Å². The van der Waals surface area contributed by atoms with Crippen molar-refractivity contribution in [3.05, 3.63) is 59.7 Å². The van der Waals surface area contributed by atoms with E-state index in [0.717, 1.165) is 11.4 Å². The number of anilines is 2. The van der Waals surface area contributed by atoms with Gasteiger partial charge in [0.15, 0.2) is 11.8 Å². The van der Waals surface area contributed by atoms with Crippen molar-refractivity contribution in [2.45, 2.75) is 13.8 Å². The van der Waals surface area contributed by atoms with Crippen LogP contribution in [0.2, 0.25) is 0 Å². The molecule has 0 heterocycles. The summed E-state index contributed by atoms with van der Waals surface area (Å²) in [5.41, 5.74) is 3.95. The van der Waals surface area contributed by atoms with Gasteiger partial charge in [0.1, 0.15) is 0 Å². The Bertz CT molecular complexity index is 602. The number of hydrogen-bond acceptors (Lipinski definition) is 4. The van der Waals surface area contributed by atoms with Crippen molar-refractivity contribution >= 4 is 48.4 Å². The van der Waals surface area contributed by atoms with Crippen LogP contribution >= 0.6 is 0 Å². The van der Waals surface area contributed by atoms with E-state index >= 15 is 0 Å². The van der Waals surface area contributed by atoms with Crippen LogP contribution in [-0.4, -0.2) is 23.3 Å². The summed E-state index contributed by atoms with van der Waals surface area (Å²) >= 11 is 9.18. The molecular formula is C18H20CuN2O2S2. The fraction of sp³-hybridized carbons (Fsp3) is 0.222. The smallest absolute Gasteiger partial charge is 0.783 e. The topological polar surface area (TPSA) is 58.2 Å². The van der Waals surface area contributed by atoms with E-state index in [1.807, 2.05) is 62.4 Å². The zero-order valence-corrected chi connectivity index (χ0v) is 16.5. The number of amides is 2. The monoisotopic (exact) mass is 423 g/mol. The Kier molecular flexibility index (Phi) is 12.2. The summed E-state index contributed by atoms with van der Waals surface area (Å²) in [4.78, 5) is 21.7. The molecule has 4 nitrogen and oxygen atoms in total. The van der Waals surface area contributed by atoms with Gasteiger partial charge in [0.25, 0.3) is 0 Å². The van der Waals surface area contributed by atoms with Crippen LogP contribution in [-0.2, 0) is 51.9 Å². The largest absolute Gasteiger partial charge is 2.00 e. The zero-order chi connectivity index (χ0) is 17.9. The SMILES string of the molecule is Cc1ccc(NC(=O)C[S-])cc1.Cc1ccc(NC(=O)C[S-])cc1.[Cu+2]. The summed E-state index contributed by atoms with van der Waals surface area (Å²) in [5.74, 6) is -0.0513. The van der Waals surface area contributed by atoms with Crippen LogP contribution in [0, 0.1) is 13.8 Å². The minimum Gasteiger partial charge on any atom is -0.783 e. The molecule has 0 aliphatic rings. The Morgan fingerprint density at radius 1 is 0.720 bits per heavy atom. The first-order chi connectivity index (χ1) is 11.4. The van der Waals surface area contributed by atoms with Crippen molar-refractivity contribution in [3.63, 3.8) is 0 Å². The molecule has 137 valence electrons. The van der Waals surface area contributed by atoms with Crippen LogP contribution in [0.3, 0.4) is 0 Å². The molecule has 0 saturated heterocycles. The van der Waals surface area contributed by atoms with Crippen LogP contribution in [0.25, 0.3) is 0 Å². The van der Waals surface area contributed by atoms with E-state index in [9.17, 15) is 9.59 Å². The standard InChI is InChI=1S/2C9H11NOS.Cu/c2*1-7-2-4-8(5-3-7)10-9(11)6-12;/h2*2-5,12H,6H2,1H3,(H,10,11);/q;;+2/p-2. The molecule has 2 amide bonds. The van der Waals surface area contributed by atoms with Gasteiger partial charge in [0.05, 0.1) is 0 Å². The predicted molar refractivity (Wildman–Crippen MR) is 104 cm³/mol. The molecule has 2 rings (SSSR count). The number of hydrogen-bond donors (Lipinski definition) is 2. The van der Waals surface area contributed by atoms with Crippen molar-refractivity contribution < 1.29 is 26.7 Å². The summed E-state index contributed by atoms with van der Waals surface area (Å²) in [5, 5.41) is 5.35. The summed E-state index contributed by atoms with van der Waals surface area (Å²) in [7, 11) is 0. The Hall–Kier alpha value is -1.40. The number of carbonyl (C=O) groups is 2. The molecule has 0 spiro atoms. The second kappa shape index (κ2) is 12.9. The van der Waals surface area contributed by atoms with E-state index in [0.29, 0.717) is 0 Å². The van der Waals surface area contributed by atoms with Gasteiger partial charge in [-0.25, -0.2) is 0 Å².